The standard InChI is InChI=1S/C20H13F3IN3O6S/c1-9(28)25-19-26-18(29)16(34-19)7-10-5-12(24)17(15(6-10)32-2)33-14-4-3-11(20(21,22)23)8-13(14)27(30)31/h3-8H,1-2H3,(H,25,26,28,29)/b16-7-. The number of ether oxygens (including phenoxy) is 2. The quantitative estimate of drug-likeness (QED) is 0.217. The van der Waals surface area contributed by atoms with E-state index in [0.717, 1.165) is 17.8 Å². The summed E-state index contributed by atoms with van der Waals surface area (Å²) < 4.78 is 50.2. The van der Waals surface area contributed by atoms with Crippen molar-refractivity contribution in [3.63, 3.8) is 0 Å². The fourth-order valence-electron chi connectivity index (χ4n) is 2.72. The molecule has 1 aliphatic rings. The van der Waals surface area contributed by atoms with E-state index in [2.05, 4.69) is 10.3 Å². The molecule has 0 saturated heterocycles. The van der Waals surface area contributed by atoms with Gasteiger partial charge in [0.05, 0.1) is 26.1 Å². The highest BCUT2D eigenvalue weighted by Gasteiger charge is 2.34. The van der Waals surface area contributed by atoms with E-state index in [1.54, 1.807) is 6.07 Å². The van der Waals surface area contributed by atoms with Crippen LogP contribution in [0.15, 0.2) is 40.2 Å². The Morgan fingerprint density at radius 3 is 2.56 bits per heavy atom. The van der Waals surface area contributed by atoms with Crippen molar-refractivity contribution >= 4 is 63.1 Å². The fourth-order valence-corrected chi connectivity index (χ4v) is 4.31. The van der Waals surface area contributed by atoms with Gasteiger partial charge in [-0.05, 0) is 70.3 Å². The van der Waals surface area contributed by atoms with Gasteiger partial charge in [0.2, 0.25) is 11.7 Å². The van der Waals surface area contributed by atoms with Crippen molar-refractivity contribution < 1.29 is 37.2 Å². The molecule has 0 fully saturated rings. The first-order valence-corrected chi connectivity index (χ1v) is 11.0. The Morgan fingerprint density at radius 1 is 1.26 bits per heavy atom. The number of carbonyl (C=O) groups is 2. The van der Waals surface area contributed by atoms with Gasteiger partial charge >= 0.3 is 11.9 Å². The van der Waals surface area contributed by atoms with Crippen LogP contribution in [-0.4, -0.2) is 29.0 Å². The zero-order chi connectivity index (χ0) is 25.2. The number of rotatable bonds is 5. The van der Waals surface area contributed by atoms with Crippen LogP contribution in [0.2, 0.25) is 0 Å². The minimum absolute atomic E-state index is 0.0358. The molecular weight excluding hydrogens is 594 g/mol. The highest BCUT2D eigenvalue weighted by molar-refractivity contribution is 14.1. The van der Waals surface area contributed by atoms with E-state index in [-0.39, 0.29) is 27.5 Å². The Labute approximate surface area is 207 Å². The van der Waals surface area contributed by atoms with Crippen LogP contribution in [0.25, 0.3) is 6.08 Å². The third-order valence-corrected chi connectivity index (χ3v) is 5.85. The van der Waals surface area contributed by atoms with E-state index in [9.17, 15) is 32.9 Å². The van der Waals surface area contributed by atoms with Crippen molar-refractivity contribution in [3.05, 3.63) is 60.0 Å². The SMILES string of the molecule is COc1cc(/C=C2\SC(NC(C)=O)=NC2=O)cc(I)c1Oc1ccc(C(F)(F)F)cc1[N+](=O)[O-]. The van der Waals surface area contributed by atoms with Gasteiger partial charge in [0.25, 0.3) is 5.91 Å². The van der Waals surface area contributed by atoms with Crippen molar-refractivity contribution in [1.29, 1.82) is 0 Å². The van der Waals surface area contributed by atoms with E-state index < -0.39 is 34.0 Å². The van der Waals surface area contributed by atoms with Crippen molar-refractivity contribution in [1.82, 2.24) is 5.32 Å². The maximum absolute atomic E-state index is 13.0. The van der Waals surface area contributed by atoms with Gasteiger partial charge in [-0.2, -0.15) is 18.2 Å². The van der Waals surface area contributed by atoms with Crippen LogP contribution < -0.4 is 14.8 Å². The van der Waals surface area contributed by atoms with Crippen molar-refractivity contribution in [2.24, 2.45) is 4.99 Å². The summed E-state index contributed by atoms with van der Waals surface area (Å²) in [7, 11) is 1.31. The molecule has 1 heterocycles. The maximum Gasteiger partial charge on any atom is 0.416 e. The average Bonchev–Trinajstić information content (AvgIpc) is 3.06. The van der Waals surface area contributed by atoms with Gasteiger partial charge in [-0.25, -0.2) is 0 Å². The second-order valence-electron chi connectivity index (χ2n) is 6.59. The highest BCUT2D eigenvalue weighted by Crippen LogP contribution is 2.42. The maximum atomic E-state index is 13.0. The number of hydrogen-bond donors (Lipinski definition) is 1. The first-order valence-electron chi connectivity index (χ1n) is 9.10. The van der Waals surface area contributed by atoms with Crippen molar-refractivity contribution in [2.75, 3.05) is 7.11 Å². The van der Waals surface area contributed by atoms with Gasteiger partial charge in [-0.1, -0.05) is 0 Å². The summed E-state index contributed by atoms with van der Waals surface area (Å²) in [5.41, 5.74) is -1.56. The normalized spacial score (nSPS) is 14.7. The number of amidine groups is 1. The first kappa shape index (κ1) is 25.5. The number of nitro groups is 1. The summed E-state index contributed by atoms with van der Waals surface area (Å²) in [5, 5.41) is 13.9. The summed E-state index contributed by atoms with van der Waals surface area (Å²) >= 11 is 2.83. The molecule has 9 nitrogen and oxygen atoms in total. The Bertz CT molecular complexity index is 1260. The number of methoxy groups -OCH3 is 1. The van der Waals surface area contributed by atoms with Crippen molar-refractivity contribution in [2.45, 2.75) is 13.1 Å². The lowest BCUT2D eigenvalue weighted by atomic mass is 10.1. The molecule has 0 radical (unpaired) electrons. The molecule has 0 aromatic heterocycles. The van der Waals surface area contributed by atoms with Gasteiger partial charge in [-0.3, -0.25) is 19.7 Å². The number of nitro benzene ring substituents is 1. The van der Waals surface area contributed by atoms with Crippen LogP contribution in [0, 0.1) is 13.7 Å². The molecule has 1 aliphatic heterocycles. The minimum atomic E-state index is -4.76. The van der Waals surface area contributed by atoms with E-state index in [1.165, 1.54) is 26.2 Å². The molecule has 178 valence electrons. The summed E-state index contributed by atoms with van der Waals surface area (Å²) in [6.45, 7) is 1.28. The Kier molecular flexibility index (Phi) is 7.50. The number of nitrogens with zero attached hydrogens (tertiary/aromatic N) is 2. The highest BCUT2D eigenvalue weighted by atomic mass is 127. The predicted octanol–water partition coefficient (Wildman–Crippen LogP) is 5.13. The molecule has 1 N–H and O–H groups in total. The fraction of sp³-hybridized carbons (Fsp3) is 0.150. The van der Waals surface area contributed by atoms with Gasteiger partial charge in [0.15, 0.2) is 16.7 Å². The number of carbonyl (C=O) groups excluding carboxylic acids is 2. The number of alkyl halides is 3. The molecule has 2 amide bonds. The van der Waals surface area contributed by atoms with E-state index in [4.69, 9.17) is 9.47 Å². The number of hydrogen-bond acceptors (Lipinski definition) is 7. The van der Waals surface area contributed by atoms with Gasteiger partial charge in [0.1, 0.15) is 0 Å². The molecule has 2 aromatic rings. The first-order chi connectivity index (χ1) is 15.9. The van der Waals surface area contributed by atoms with Crippen molar-refractivity contribution in [3.8, 4) is 17.2 Å². The minimum Gasteiger partial charge on any atom is -0.493 e. The molecule has 0 bridgehead atoms. The number of nitrogens with one attached hydrogen (secondary N) is 1. The number of halogens is 4. The molecule has 0 aliphatic carbocycles. The number of aliphatic imine (C=N–C) groups is 1. The Morgan fingerprint density at radius 2 is 1.97 bits per heavy atom. The van der Waals surface area contributed by atoms with Gasteiger partial charge < -0.3 is 14.8 Å². The molecular formula is C20H13F3IN3O6S. The van der Waals surface area contributed by atoms with Crippen LogP contribution in [0.1, 0.15) is 18.1 Å². The molecule has 2 aromatic carbocycles. The molecule has 34 heavy (non-hydrogen) atoms. The Balaban J connectivity index is 1.95. The summed E-state index contributed by atoms with van der Waals surface area (Å²) in [6.07, 6.45) is -3.26. The molecule has 14 heteroatoms. The van der Waals surface area contributed by atoms with Crippen LogP contribution >= 0.6 is 34.4 Å². The molecule has 0 saturated carbocycles. The van der Waals surface area contributed by atoms with E-state index >= 15 is 0 Å². The second-order valence-corrected chi connectivity index (χ2v) is 8.78. The predicted molar refractivity (Wildman–Crippen MR) is 126 cm³/mol. The third-order valence-electron chi connectivity index (χ3n) is 4.15. The van der Waals surface area contributed by atoms with Crippen LogP contribution in [0.4, 0.5) is 18.9 Å². The molecule has 0 unspecified atom stereocenters. The van der Waals surface area contributed by atoms with Crippen LogP contribution in [-0.2, 0) is 15.8 Å². The van der Waals surface area contributed by atoms with Gasteiger partial charge in [0, 0.05) is 13.0 Å². The summed E-state index contributed by atoms with van der Waals surface area (Å²) in [5.74, 6) is -1.19. The zero-order valence-corrected chi connectivity index (χ0v) is 20.2. The largest absolute Gasteiger partial charge is 0.493 e. The lowest BCUT2D eigenvalue weighted by molar-refractivity contribution is -0.385. The molecule has 0 atom stereocenters. The van der Waals surface area contributed by atoms with Crippen LogP contribution in [0.5, 0.6) is 17.2 Å². The lowest BCUT2D eigenvalue weighted by Crippen LogP contribution is -2.23. The monoisotopic (exact) mass is 607 g/mol. The summed E-state index contributed by atoms with van der Waals surface area (Å²) in [4.78, 5) is 37.6. The van der Waals surface area contributed by atoms with Gasteiger partial charge in [-0.15, -0.1) is 0 Å². The average molecular weight is 607 g/mol. The lowest BCUT2D eigenvalue weighted by Gasteiger charge is -2.14. The Hall–Kier alpha value is -3.14. The number of benzene rings is 2. The third kappa shape index (κ3) is 5.85. The zero-order valence-electron chi connectivity index (χ0n) is 17.2. The topological polar surface area (TPSA) is 120 Å². The number of amides is 2. The number of thioether (sulfide) groups is 1. The van der Waals surface area contributed by atoms with E-state index in [0.29, 0.717) is 21.3 Å². The summed E-state index contributed by atoms with van der Waals surface area (Å²) in [6, 6.07) is 4.98. The molecule has 3 rings (SSSR count). The van der Waals surface area contributed by atoms with Crippen LogP contribution in [0.3, 0.4) is 0 Å². The van der Waals surface area contributed by atoms with E-state index in [1.807, 2.05) is 22.6 Å². The second kappa shape index (κ2) is 10.0. The molecule has 0 spiro atoms. The smallest absolute Gasteiger partial charge is 0.416 e.